The molecule has 6 nitrogen and oxygen atoms in total. The Morgan fingerprint density at radius 3 is 2.73 bits per heavy atom. The number of nitrogens with one attached hydrogen (secondary N) is 1. The van der Waals surface area contributed by atoms with Gasteiger partial charge in [0.05, 0.1) is 10.5 Å². The number of anilines is 1. The maximum atomic E-state index is 12.3. The van der Waals surface area contributed by atoms with Crippen molar-refractivity contribution in [3.63, 3.8) is 0 Å². The molecular formula is C15H23BrN4O2. The van der Waals surface area contributed by atoms with Gasteiger partial charge in [-0.3, -0.25) is 0 Å². The second-order valence-corrected chi connectivity index (χ2v) is 7.34. The topological polar surface area (TPSA) is 67.3 Å². The Morgan fingerprint density at radius 1 is 1.41 bits per heavy atom. The molecule has 0 spiro atoms. The van der Waals surface area contributed by atoms with Crippen LogP contribution in [0.1, 0.15) is 40.0 Å². The number of nitrogens with zero attached hydrogens (tertiary/aromatic N) is 3. The Balaban J connectivity index is 1.94. The van der Waals surface area contributed by atoms with Crippen molar-refractivity contribution in [1.82, 2.24) is 14.9 Å². The second-order valence-electron chi connectivity index (χ2n) is 6.43. The lowest BCUT2D eigenvalue weighted by Gasteiger charge is -2.36. The van der Waals surface area contributed by atoms with Crippen molar-refractivity contribution < 1.29 is 9.53 Å². The lowest BCUT2D eigenvalue weighted by atomic mass is 10.0. The van der Waals surface area contributed by atoms with Crippen LogP contribution in [0.4, 0.5) is 10.7 Å². The standard InChI is InChI=1S/C15H23BrN4O2/c1-15(2,3)22-14(21)20-7-5-4-6-12(20)10-19-13-17-8-11(16)9-18-13/h8-9,12H,4-7,10H2,1-3H3,(H,17,18,19)/t12-/m0/s1. The van der Waals surface area contributed by atoms with Crippen molar-refractivity contribution in [3.8, 4) is 0 Å². The van der Waals surface area contributed by atoms with Gasteiger partial charge in [0.15, 0.2) is 0 Å². The van der Waals surface area contributed by atoms with E-state index in [1.54, 1.807) is 12.4 Å². The first-order valence-corrected chi connectivity index (χ1v) is 8.35. The van der Waals surface area contributed by atoms with Crippen LogP contribution in [-0.4, -0.2) is 45.7 Å². The van der Waals surface area contributed by atoms with Crippen molar-refractivity contribution in [1.29, 1.82) is 0 Å². The zero-order valence-corrected chi connectivity index (χ0v) is 14.9. The molecular weight excluding hydrogens is 348 g/mol. The van der Waals surface area contributed by atoms with Crippen LogP contribution in [0, 0.1) is 0 Å². The van der Waals surface area contributed by atoms with Gasteiger partial charge in [0.2, 0.25) is 5.95 Å². The molecule has 0 radical (unpaired) electrons. The molecule has 1 aromatic rings. The Bertz CT molecular complexity index is 501. The lowest BCUT2D eigenvalue weighted by molar-refractivity contribution is 0.0114. The van der Waals surface area contributed by atoms with Gasteiger partial charge in [-0.05, 0) is 56.0 Å². The van der Waals surface area contributed by atoms with E-state index in [2.05, 4.69) is 31.2 Å². The van der Waals surface area contributed by atoms with Crippen LogP contribution in [0.3, 0.4) is 0 Å². The number of aromatic nitrogens is 2. The molecule has 7 heteroatoms. The molecule has 0 saturated carbocycles. The third kappa shape index (κ3) is 5.12. The first-order chi connectivity index (χ1) is 10.3. The highest BCUT2D eigenvalue weighted by Crippen LogP contribution is 2.20. The SMILES string of the molecule is CC(C)(C)OC(=O)N1CCCC[C@H]1CNc1ncc(Br)cn1. The first kappa shape index (κ1) is 17.0. The largest absolute Gasteiger partial charge is 0.444 e. The average molecular weight is 371 g/mol. The molecule has 22 heavy (non-hydrogen) atoms. The van der Waals surface area contributed by atoms with E-state index >= 15 is 0 Å². The van der Waals surface area contributed by atoms with Gasteiger partial charge < -0.3 is 15.0 Å². The molecule has 0 aromatic carbocycles. The number of amides is 1. The normalized spacial score (nSPS) is 18.9. The molecule has 1 saturated heterocycles. The predicted octanol–water partition coefficient (Wildman–Crippen LogP) is 3.44. The number of rotatable bonds is 3. The van der Waals surface area contributed by atoms with E-state index < -0.39 is 5.60 Å². The highest BCUT2D eigenvalue weighted by molar-refractivity contribution is 9.10. The summed E-state index contributed by atoms with van der Waals surface area (Å²) in [4.78, 5) is 22.5. The fraction of sp³-hybridized carbons (Fsp3) is 0.667. The summed E-state index contributed by atoms with van der Waals surface area (Å²) in [6.45, 7) is 7.02. The Labute approximate surface area is 139 Å². The zero-order valence-electron chi connectivity index (χ0n) is 13.3. The molecule has 1 aromatic heterocycles. The first-order valence-electron chi connectivity index (χ1n) is 7.56. The third-order valence-electron chi connectivity index (χ3n) is 3.37. The summed E-state index contributed by atoms with van der Waals surface area (Å²) >= 11 is 3.31. The molecule has 2 rings (SSSR count). The fourth-order valence-electron chi connectivity index (χ4n) is 2.39. The average Bonchev–Trinajstić information content (AvgIpc) is 2.45. The molecule has 1 aliphatic heterocycles. The van der Waals surface area contributed by atoms with E-state index in [0.29, 0.717) is 12.5 Å². The number of carbonyl (C=O) groups is 1. The molecule has 0 unspecified atom stereocenters. The number of likely N-dealkylation sites (tertiary alicyclic amines) is 1. The van der Waals surface area contributed by atoms with E-state index in [4.69, 9.17) is 4.74 Å². The number of carbonyl (C=O) groups excluding carboxylic acids is 1. The Morgan fingerprint density at radius 2 is 2.09 bits per heavy atom. The zero-order chi connectivity index (χ0) is 16.2. The van der Waals surface area contributed by atoms with Gasteiger partial charge in [-0.2, -0.15) is 0 Å². The smallest absolute Gasteiger partial charge is 0.410 e. The lowest BCUT2D eigenvalue weighted by Crippen LogP contribution is -2.49. The Kier molecular flexibility index (Phi) is 5.61. The van der Waals surface area contributed by atoms with Crippen molar-refractivity contribution in [2.75, 3.05) is 18.4 Å². The van der Waals surface area contributed by atoms with Crippen LogP contribution in [-0.2, 0) is 4.74 Å². The minimum atomic E-state index is -0.471. The number of hydrogen-bond donors (Lipinski definition) is 1. The summed E-state index contributed by atoms with van der Waals surface area (Å²) in [6.07, 6.45) is 6.25. The van der Waals surface area contributed by atoms with E-state index in [1.807, 2.05) is 25.7 Å². The predicted molar refractivity (Wildman–Crippen MR) is 88.8 cm³/mol. The number of halogens is 1. The molecule has 1 fully saturated rings. The van der Waals surface area contributed by atoms with E-state index in [1.165, 1.54) is 0 Å². The molecule has 1 N–H and O–H groups in total. The van der Waals surface area contributed by atoms with Gasteiger partial charge in [-0.1, -0.05) is 0 Å². The van der Waals surface area contributed by atoms with Gasteiger partial charge in [0.25, 0.3) is 0 Å². The van der Waals surface area contributed by atoms with Crippen molar-refractivity contribution >= 4 is 28.0 Å². The highest BCUT2D eigenvalue weighted by atomic mass is 79.9. The van der Waals surface area contributed by atoms with Crippen molar-refractivity contribution in [3.05, 3.63) is 16.9 Å². The monoisotopic (exact) mass is 370 g/mol. The van der Waals surface area contributed by atoms with Crippen molar-refractivity contribution in [2.24, 2.45) is 0 Å². The minimum absolute atomic E-state index is 0.107. The van der Waals surface area contributed by atoms with Crippen LogP contribution >= 0.6 is 15.9 Å². The molecule has 122 valence electrons. The van der Waals surface area contributed by atoms with E-state index in [9.17, 15) is 4.79 Å². The van der Waals surface area contributed by atoms with E-state index in [-0.39, 0.29) is 12.1 Å². The van der Waals surface area contributed by atoms with Gasteiger partial charge in [0.1, 0.15) is 5.60 Å². The van der Waals surface area contributed by atoms with Crippen LogP contribution in [0.15, 0.2) is 16.9 Å². The molecule has 2 heterocycles. The maximum absolute atomic E-state index is 12.3. The summed E-state index contributed by atoms with van der Waals surface area (Å²) in [5.41, 5.74) is -0.471. The molecule has 0 bridgehead atoms. The number of ether oxygens (including phenoxy) is 1. The molecule has 1 atom stereocenters. The van der Waals surface area contributed by atoms with Crippen LogP contribution in [0.2, 0.25) is 0 Å². The number of hydrogen-bond acceptors (Lipinski definition) is 5. The van der Waals surface area contributed by atoms with Crippen LogP contribution < -0.4 is 5.32 Å². The molecule has 0 aliphatic carbocycles. The van der Waals surface area contributed by atoms with Gasteiger partial charge >= 0.3 is 6.09 Å². The molecule has 1 aliphatic rings. The Hall–Kier alpha value is -1.37. The summed E-state index contributed by atoms with van der Waals surface area (Å²) in [6, 6.07) is 0.107. The molecule has 1 amide bonds. The summed E-state index contributed by atoms with van der Waals surface area (Å²) in [5, 5.41) is 3.20. The summed E-state index contributed by atoms with van der Waals surface area (Å²) in [7, 11) is 0. The second kappa shape index (κ2) is 7.26. The van der Waals surface area contributed by atoms with Gasteiger partial charge in [0, 0.05) is 25.5 Å². The van der Waals surface area contributed by atoms with Crippen LogP contribution in [0.5, 0.6) is 0 Å². The van der Waals surface area contributed by atoms with Gasteiger partial charge in [-0.25, -0.2) is 14.8 Å². The van der Waals surface area contributed by atoms with Crippen molar-refractivity contribution in [2.45, 2.75) is 51.7 Å². The summed E-state index contributed by atoms with van der Waals surface area (Å²) < 4.78 is 6.34. The fourth-order valence-corrected chi connectivity index (χ4v) is 2.59. The van der Waals surface area contributed by atoms with Gasteiger partial charge in [-0.15, -0.1) is 0 Å². The maximum Gasteiger partial charge on any atom is 0.410 e. The van der Waals surface area contributed by atoms with E-state index in [0.717, 1.165) is 30.3 Å². The highest BCUT2D eigenvalue weighted by Gasteiger charge is 2.30. The quantitative estimate of drug-likeness (QED) is 0.882. The number of piperidine rings is 1. The summed E-state index contributed by atoms with van der Waals surface area (Å²) in [5.74, 6) is 0.568. The minimum Gasteiger partial charge on any atom is -0.444 e. The third-order valence-corrected chi connectivity index (χ3v) is 3.78. The van der Waals surface area contributed by atoms with Crippen LogP contribution in [0.25, 0.3) is 0 Å².